The van der Waals surface area contributed by atoms with Crippen LogP contribution in [0.5, 0.6) is 0 Å². The smallest absolute Gasteiger partial charge is 0.226 e. The predicted octanol–water partition coefficient (Wildman–Crippen LogP) is 4.19. The zero-order valence-electron chi connectivity index (χ0n) is 17.9. The molecule has 0 aromatic heterocycles. The highest BCUT2D eigenvalue weighted by Gasteiger charge is 2.10. The van der Waals surface area contributed by atoms with Crippen LogP contribution in [0.25, 0.3) is 0 Å². The highest BCUT2D eigenvalue weighted by molar-refractivity contribution is 5.95. The summed E-state index contributed by atoms with van der Waals surface area (Å²) in [4.78, 5) is 12.8. The summed E-state index contributed by atoms with van der Waals surface area (Å²) in [6.45, 7) is 1.56. The number of carbonyl (C=O) groups is 1. The Morgan fingerprint density at radius 3 is 2.17 bits per heavy atom. The maximum absolute atomic E-state index is 12.0. The molecule has 0 aromatic rings. The van der Waals surface area contributed by atoms with Crippen molar-refractivity contribution < 1.29 is 13.6 Å². The molecule has 1 fully saturated rings. The lowest BCUT2D eigenvalue weighted by Crippen LogP contribution is -2.42. The molecule has 0 bridgehead atoms. The van der Waals surface area contributed by atoms with E-state index in [1.165, 1.54) is 38.5 Å². The van der Waals surface area contributed by atoms with E-state index in [4.69, 9.17) is 14.3 Å². The molecule has 0 unspecified atom stereocenters. The lowest BCUT2D eigenvalue weighted by atomic mass is 10.1. The third-order valence-corrected chi connectivity index (χ3v) is 4.22. The van der Waals surface area contributed by atoms with Crippen LogP contribution in [0.3, 0.4) is 0 Å². The summed E-state index contributed by atoms with van der Waals surface area (Å²) in [5.74, 6) is -0.464. The zero-order valence-corrected chi connectivity index (χ0v) is 14.9. The molecule has 0 atom stereocenters. The van der Waals surface area contributed by atoms with Crippen LogP contribution in [0.15, 0.2) is 12.3 Å². The summed E-state index contributed by atoms with van der Waals surface area (Å²) in [5, 5.41) is 10.4. The normalized spacial score (nSPS) is 24.1. The number of nitrogens with zero attached hydrogens (tertiary/aromatic N) is 1. The lowest BCUT2D eigenvalue weighted by Gasteiger charge is -2.21. The van der Waals surface area contributed by atoms with Crippen molar-refractivity contribution in [1.82, 2.24) is 10.2 Å². The maximum Gasteiger partial charge on any atom is 0.226 e. The summed E-state index contributed by atoms with van der Waals surface area (Å²) in [7, 11) is 0. The highest BCUT2D eigenvalue weighted by Crippen LogP contribution is 2.12. The minimum Gasteiger partial charge on any atom is -0.497 e. The average molecular weight is 341 g/mol. The molecule has 5 heteroatoms. The van der Waals surface area contributed by atoms with Crippen molar-refractivity contribution in [3.63, 3.8) is 0 Å². The number of hydrogen-bond acceptors (Lipinski definition) is 3. The molecule has 0 saturated carbocycles. The van der Waals surface area contributed by atoms with Crippen LogP contribution in [-0.2, 0) is 9.53 Å². The van der Waals surface area contributed by atoms with Crippen molar-refractivity contribution in [1.29, 1.82) is 5.41 Å². The van der Waals surface area contributed by atoms with Crippen LogP contribution < -0.4 is 5.32 Å². The average Bonchev–Trinajstić information content (AvgIpc) is 2.58. The molecule has 1 aliphatic rings. The van der Waals surface area contributed by atoms with Gasteiger partial charge in [-0.05, 0) is 12.8 Å². The maximum atomic E-state index is 12.0. The Labute approximate surface area is 151 Å². The minimum absolute atomic E-state index is 0.143. The summed E-state index contributed by atoms with van der Waals surface area (Å²) in [6.07, 6.45) is 12.5. The Hall–Kier alpha value is -1.52. The number of rotatable bonds is 0. The van der Waals surface area contributed by atoms with Gasteiger partial charge in [0.15, 0.2) is 5.96 Å². The van der Waals surface area contributed by atoms with Crippen LogP contribution in [0.1, 0.15) is 81.2 Å². The van der Waals surface area contributed by atoms with Crippen molar-refractivity contribution in [3.8, 4) is 0 Å². The minimum atomic E-state index is -2.55. The van der Waals surface area contributed by atoms with Gasteiger partial charge in [-0.15, -0.1) is 0 Å². The molecule has 2 N–H and O–H groups in total. The number of amides is 1. The van der Waals surface area contributed by atoms with Gasteiger partial charge in [-0.2, -0.15) is 0 Å². The Morgan fingerprint density at radius 1 is 1.04 bits per heavy atom. The molecule has 0 aromatic carbocycles. The second-order valence-electron chi connectivity index (χ2n) is 6.51. The lowest BCUT2D eigenvalue weighted by molar-refractivity contribution is -0.120. The quantitative estimate of drug-likeness (QED) is 0.695. The predicted molar refractivity (Wildman–Crippen MR) is 99.0 cm³/mol. The molecule has 1 saturated heterocycles. The molecule has 5 nitrogen and oxygen atoms in total. The molecule has 138 valence electrons. The van der Waals surface area contributed by atoms with E-state index in [9.17, 15) is 4.79 Å². The number of guanidine groups is 1. The largest absolute Gasteiger partial charge is 0.497 e. The summed E-state index contributed by atoms with van der Waals surface area (Å²) in [5.41, 5.74) is 0. The van der Waals surface area contributed by atoms with Crippen molar-refractivity contribution >= 4 is 11.9 Å². The van der Waals surface area contributed by atoms with Crippen LogP contribution in [0.4, 0.5) is 0 Å². The van der Waals surface area contributed by atoms with Crippen molar-refractivity contribution in [3.05, 3.63) is 12.3 Å². The topological polar surface area (TPSA) is 65.4 Å². The molecular formula is C19H35N3O2. The fourth-order valence-corrected chi connectivity index (χ4v) is 2.76. The molecule has 1 aliphatic heterocycles. The molecule has 24 heavy (non-hydrogen) atoms. The fourth-order valence-electron chi connectivity index (χ4n) is 2.76. The van der Waals surface area contributed by atoms with Gasteiger partial charge < -0.3 is 9.64 Å². The van der Waals surface area contributed by atoms with E-state index in [1.54, 1.807) is 0 Å². The first-order valence-electron chi connectivity index (χ1n) is 10.8. The van der Waals surface area contributed by atoms with Gasteiger partial charge in [0.25, 0.3) is 0 Å². The molecule has 1 rings (SSSR count). The Balaban J connectivity index is 2.61. The first-order chi connectivity index (χ1) is 12.8. The van der Waals surface area contributed by atoms with Gasteiger partial charge in [0, 0.05) is 17.5 Å². The van der Waals surface area contributed by atoms with Gasteiger partial charge in [-0.25, -0.2) is 0 Å². The number of carbonyl (C=O) groups excluding carboxylic acids is 1. The second kappa shape index (κ2) is 12.8. The molecule has 0 spiro atoms. The fraction of sp³-hybridized carbons (Fsp3) is 0.789. The number of ether oxygens (including phenoxy) is 1. The number of hydrogen-bond donors (Lipinski definition) is 2. The molecule has 0 radical (unpaired) electrons. The molecule has 1 amide bonds. The van der Waals surface area contributed by atoms with Crippen LogP contribution >= 0.6 is 0 Å². The highest BCUT2D eigenvalue weighted by atomic mass is 16.5. The van der Waals surface area contributed by atoms with E-state index in [0.717, 1.165) is 37.0 Å². The van der Waals surface area contributed by atoms with Gasteiger partial charge >= 0.3 is 0 Å². The van der Waals surface area contributed by atoms with Gasteiger partial charge in [0.05, 0.1) is 13.2 Å². The molecular weight excluding hydrogens is 302 g/mol. The van der Waals surface area contributed by atoms with E-state index in [-0.39, 0.29) is 12.5 Å². The van der Waals surface area contributed by atoms with E-state index in [0.29, 0.717) is 18.8 Å². The monoisotopic (exact) mass is 340 g/mol. The SMILES string of the molecule is [2H]C([2H])([2H])N1CC(=C)OCCCCCCCCCCCCCC(=O)NC1=N. The van der Waals surface area contributed by atoms with E-state index < -0.39 is 12.9 Å². The van der Waals surface area contributed by atoms with Crippen LogP contribution in [0, 0.1) is 5.41 Å². The summed E-state index contributed by atoms with van der Waals surface area (Å²) < 4.78 is 28.4. The van der Waals surface area contributed by atoms with E-state index >= 15 is 0 Å². The number of nitrogens with one attached hydrogen (secondary N) is 2. The van der Waals surface area contributed by atoms with Gasteiger partial charge in [0.2, 0.25) is 5.91 Å². The van der Waals surface area contributed by atoms with Crippen molar-refractivity contribution in [2.45, 2.75) is 77.0 Å². The zero-order chi connectivity index (χ0) is 20.1. The third kappa shape index (κ3) is 10.3. The van der Waals surface area contributed by atoms with Crippen molar-refractivity contribution in [2.75, 3.05) is 20.1 Å². The van der Waals surface area contributed by atoms with Crippen LogP contribution in [-0.4, -0.2) is 36.9 Å². The Bertz CT molecular complexity index is 481. The van der Waals surface area contributed by atoms with E-state index in [1.807, 2.05) is 0 Å². The van der Waals surface area contributed by atoms with Crippen molar-refractivity contribution in [2.24, 2.45) is 0 Å². The first kappa shape index (κ1) is 16.0. The van der Waals surface area contributed by atoms with Gasteiger partial charge in [0.1, 0.15) is 5.76 Å². The standard InChI is InChI=1S/C19H35N3O2/c1-17-16-22(2)19(20)21-18(23)14-12-10-8-6-4-3-5-7-9-11-13-15-24-17/h1,3-16H2,2H3,(H2,20,21,23)/i2D3. The Morgan fingerprint density at radius 2 is 1.58 bits per heavy atom. The molecule has 1 heterocycles. The van der Waals surface area contributed by atoms with Gasteiger partial charge in [-0.1, -0.05) is 64.4 Å². The van der Waals surface area contributed by atoms with Crippen LogP contribution in [0.2, 0.25) is 0 Å². The Kier molecular flexibility index (Phi) is 8.55. The first-order valence-corrected chi connectivity index (χ1v) is 9.27. The van der Waals surface area contributed by atoms with Gasteiger partial charge in [-0.3, -0.25) is 15.5 Å². The third-order valence-electron chi connectivity index (χ3n) is 4.22. The number of likely N-dealkylation sites (N-methyl/N-ethyl adjacent to an activating group) is 1. The summed E-state index contributed by atoms with van der Waals surface area (Å²) in [6, 6.07) is 0. The van der Waals surface area contributed by atoms with E-state index in [2.05, 4.69) is 11.9 Å². The molecule has 0 aliphatic carbocycles. The second-order valence-corrected chi connectivity index (χ2v) is 6.51. The summed E-state index contributed by atoms with van der Waals surface area (Å²) >= 11 is 0.